The Morgan fingerprint density at radius 3 is 2.58 bits per heavy atom. The molecule has 3 aromatic rings. The molecule has 2 aromatic heterocycles. The van der Waals surface area contributed by atoms with E-state index in [0.29, 0.717) is 11.7 Å². The molecule has 0 aliphatic heterocycles. The minimum atomic E-state index is -3.81. The third-order valence-electron chi connectivity index (χ3n) is 5.51. The summed E-state index contributed by atoms with van der Waals surface area (Å²) in [5.74, 6) is 0.206. The summed E-state index contributed by atoms with van der Waals surface area (Å²) in [5.41, 5.74) is 7.12. The minimum Gasteiger partial charge on any atom is -0.467 e. The zero-order chi connectivity index (χ0) is 25.9. The van der Waals surface area contributed by atoms with Gasteiger partial charge in [-0.2, -0.15) is 10.0 Å². The number of hydrogen-bond donors (Lipinski definition) is 3. The molecular weight excluding hydrogens is 486 g/mol. The smallest absolute Gasteiger partial charge is 0.318 e. The van der Waals surface area contributed by atoms with Crippen LogP contribution in [0.25, 0.3) is 0 Å². The molecule has 4 N–H and O–H groups in total. The maximum Gasteiger partial charge on any atom is 0.318 e. The molecule has 1 fully saturated rings. The molecular formula is C23H27N7O5S. The quantitative estimate of drug-likeness (QED) is 0.325. The Morgan fingerprint density at radius 2 is 1.94 bits per heavy atom. The van der Waals surface area contributed by atoms with Crippen LogP contribution in [0, 0.1) is 0 Å². The molecule has 36 heavy (non-hydrogen) atoms. The lowest BCUT2D eigenvalue weighted by Crippen LogP contribution is -2.22. The molecule has 2 heterocycles. The third kappa shape index (κ3) is 5.37. The Bertz CT molecular complexity index is 1380. The summed E-state index contributed by atoms with van der Waals surface area (Å²) in [6.07, 6.45) is 4.83. The average molecular weight is 514 g/mol. The van der Waals surface area contributed by atoms with Crippen molar-refractivity contribution < 1.29 is 22.8 Å². The zero-order valence-electron chi connectivity index (χ0n) is 20.1. The number of rotatable bonds is 11. The van der Waals surface area contributed by atoms with Crippen molar-refractivity contribution in [3.8, 4) is 6.01 Å². The normalized spacial score (nSPS) is 13.3. The lowest BCUT2D eigenvalue weighted by atomic mass is 10.1. The largest absolute Gasteiger partial charge is 0.467 e. The first kappa shape index (κ1) is 25.3. The molecule has 190 valence electrons. The molecule has 0 bridgehead atoms. The van der Waals surface area contributed by atoms with Crippen molar-refractivity contribution in [3.63, 3.8) is 0 Å². The Morgan fingerprint density at radius 1 is 1.17 bits per heavy atom. The lowest BCUT2D eigenvalue weighted by molar-refractivity contribution is 0.100. The molecule has 0 atom stereocenters. The van der Waals surface area contributed by atoms with Crippen LogP contribution in [0.5, 0.6) is 6.01 Å². The number of anilines is 4. The van der Waals surface area contributed by atoms with Crippen LogP contribution in [0.3, 0.4) is 0 Å². The molecule has 1 aromatic carbocycles. The van der Waals surface area contributed by atoms with Crippen molar-refractivity contribution in [1.29, 1.82) is 0 Å². The summed E-state index contributed by atoms with van der Waals surface area (Å²) >= 11 is 0. The first-order valence-electron chi connectivity index (χ1n) is 11.2. The number of sulfonamides is 1. The zero-order valence-corrected chi connectivity index (χ0v) is 20.9. The second kappa shape index (κ2) is 10.4. The Balaban J connectivity index is 1.79. The second-order valence-electron chi connectivity index (χ2n) is 7.93. The number of amides is 1. The maximum atomic E-state index is 12.8. The van der Waals surface area contributed by atoms with E-state index in [1.807, 2.05) is 6.07 Å². The van der Waals surface area contributed by atoms with Gasteiger partial charge in [-0.3, -0.25) is 9.63 Å². The Labute approximate surface area is 208 Å². The number of nitrogens with one attached hydrogen (secondary N) is 2. The van der Waals surface area contributed by atoms with Gasteiger partial charge in [-0.1, -0.05) is 6.07 Å². The number of ether oxygens (including phenoxy) is 1. The van der Waals surface area contributed by atoms with Crippen LogP contribution < -0.4 is 25.6 Å². The van der Waals surface area contributed by atoms with Crippen LogP contribution in [0.2, 0.25) is 0 Å². The van der Waals surface area contributed by atoms with Gasteiger partial charge in [-0.15, -0.1) is 0 Å². The molecule has 0 radical (unpaired) electrons. The summed E-state index contributed by atoms with van der Waals surface area (Å²) in [7, 11) is -1.02. The monoisotopic (exact) mass is 513 g/mol. The molecule has 1 saturated carbocycles. The minimum absolute atomic E-state index is 0.0605. The van der Waals surface area contributed by atoms with E-state index in [2.05, 4.69) is 25.0 Å². The van der Waals surface area contributed by atoms with Crippen LogP contribution in [-0.2, 0) is 14.9 Å². The summed E-state index contributed by atoms with van der Waals surface area (Å²) in [5, 5.41) is 4.41. The molecule has 0 spiro atoms. The van der Waals surface area contributed by atoms with Crippen LogP contribution in [-0.4, -0.2) is 50.0 Å². The maximum absolute atomic E-state index is 12.8. The molecule has 1 aliphatic carbocycles. The average Bonchev–Trinajstić information content (AvgIpc) is 3.73. The van der Waals surface area contributed by atoms with Gasteiger partial charge < -0.3 is 15.8 Å². The molecule has 1 amide bonds. The van der Waals surface area contributed by atoms with Gasteiger partial charge in [-0.05, 0) is 50.4 Å². The number of aromatic nitrogens is 3. The van der Waals surface area contributed by atoms with Crippen molar-refractivity contribution in [2.45, 2.75) is 30.6 Å². The number of benzene rings is 1. The van der Waals surface area contributed by atoms with Crippen molar-refractivity contribution >= 4 is 38.9 Å². The predicted octanol–water partition coefficient (Wildman–Crippen LogP) is 2.60. The Hall–Kier alpha value is -3.81. The molecule has 13 heteroatoms. The molecule has 0 unspecified atom stereocenters. The first-order valence-corrected chi connectivity index (χ1v) is 12.7. The SMILES string of the molecule is CCON(c1cc(Nc2ccc(C3CC3)cc2S(=O)(=O)NC)c(C(N)=O)cn1)c1ccnc(OC)n1. The van der Waals surface area contributed by atoms with E-state index in [4.69, 9.17) is 15.3 Å². The van der Waals surface area contributed by atoms with E-state index < -0.39 is 15.9 Å². The van der Waals surface area contributed by atoms with Crippen LogP contribution in [0.15, 0.2) is 47.6 Å². The number of primary amides is 1. The number of hydrogen-bond acceptors (Lipinski definition) is 10. The Kier molecular flexibility index (Phi) is 7.33. The second-order valence-corrected chi connectivity index (χ2v) is 9.78. The van der Waals surface area contributed by atoms with Crippen LogP contribution in [0.4, 0.5) is 23.0 Å². The summed E-state index contributed by atoms with van der Waals surface area (Å²) in [4.78, 5) is 30.6. The fourth-order valence-corrected chi connectivity index (χ4v) is 4.49. The highest BCUT2D eigenvalue weighted by Gasteiger charge is 2.27. The number of methoxy groups -OCH3 is 1. The summed E-state index contributed by atoms with van der Waals surface area (Å²) in [6, 6.07) is 8.45. The van der Waals surface area contributed by atoms with E-state index in [-0.39, 0.29) is 40.3 Å². The van der Waals surface area contributed by atoms with Crippen molar-refractivity contribution in [2.24, 2.45) is 5.73 Å². The summed E-state index contributed by atoms with van der Waals surface area (Å²) in [6.45, 7) is 2.07. The van der Waals surface area contributed by atoms with Gasteiger partial charge in [0.2, 0.25) is 10.0 Å². The van der Waals surface area contributed by atoms with Crippen molar-refractivity contribution in [1.82, 2.24) is 19.7 Å². The van der Waals surface area contributed by atoms with E-state index in [1.54, 1.807) is 25.1 Å². The highest BCUT2D eigenvalue weighted by Crippen LogP contribution is 2.42. The number of carbonyl (C=O) groups is 1. The fraction of sp³-hybridized carbons (Fsp3) is 0.304. The standard InChI is InChI=1S/C23H27N7O5S/c1-4-35-30(20-9-10-26-23(29-20)34-3)21-12-18(16(13-27-21)22(24)31)28-17-8-7-15(14-5-6-14)11-19(17)36(32,33)25-2/h7-14,25H,4-6H2,1-3H3,(H2,24,31)(H,27,28). The summed E-state index contributed by atoms with van der Waals surface area (Å²) < 4.78 is 33.1. The van der Waals surface area contributed by atoms with Gasteiger partial charge in [0.05, 0.1) is 30.7 Å². The number of pyridine rings is 1. The molecule has 12 nitrogen and oxygen atoms in total. The van der Waals surface area contributed by atoms with Gasteiger partial charge in [0.1, 0.15) is 4.90 Å². The predicted molar refractivity (Wildman–Crippen MR) is 133 cm³/mol. The number of nitrogens with two attached hydrogens (primary N) is 1. The number of nitrogens with zero attached hydrogens (tertiary/aromatic N) is 4. The van der Waals surface area contributed by atoms with Gasteiger partial charge in [0, 0.05) is 24.5 Å². The first-order chi connectivity index (χ1) is 17.3. The third-order valence-corrected chi connectivity index (χ3v) is 6.97. The molecule has 1 aliphatic rings. The van der Waals surface area contributed by atoms with E-state index in [9.17, 15) is 13.2 Å². The highest BCUT2D eigenvalue weighted by atomic mass is 32.2. The molecule has 4 rings (SSSR count). The van der Waals surface area contributed by atoms with E-state index in [1.165, 1.54) is 37.7 Å². The van der Waals surface area contributed by atoms with Crippen LogP contribution in [0.1, 0.15) is 41.6 Å². The van der Waals surface area contributed by atoms with E-state index >= 15 is 0 Å². The topological polar surface area (TPSA) is 162 Å². The lowest BCUT2D eigenvalue weighted by Gasteiger charge is -2.22. The highest BCUT2D eigenvalue weighted by molar-refractivity contribution is 7.89. The van der Waals surface area contributed by atoms with Gasteiger partial charge in [0.15, 0.2) is 11.6 Å². The molecule has 0 saturated heterocycles. The van der Waals surface area contributed by atoms with Gasteiger partial charge in [0.25, 0.3) is 5.91 Å². The van der Waals surface area contributed by atoms with E-state index in [0.717, 1.165) is 18.4 Å². The number of carbonyl (C=O) groups excluding carboxylic acids is 1. The van der Waals surface area contributed by atoms with Crippen LogP contribution >= 0.6 is 0 Å². The fourth-order valence-electron chi connectivity index (χ4n) is 3.57. The van der Waals surface area contributed by atoms with Crippen molar-refractivity contribution in [2.75, 3.05) is 31.1 Å². The van der Waals surface area contributed by atoms with Gasteiger partial charge in [-0.25, -0.2) is 23.1 Å². The van der Waals surface area contributed by atoms with Crippen molar-refractivity contribution in [3.05, 3.63) is 53.9 Å². The van der Waals surface area contributed by atoms with Gasteiger partial charge >= 0.3 is 6.01 Å².